The molecule has 2 aromatic carbocycles. The lowest BCUT2D eigenvalue weighted by Crippen LogP contribution is -2.35. The van der Waals surface area contributed by atoms with Crippen LogP contribution in [0.25, 0.3) is 0 Å². The van der Waals surface area contributed by atoms with Gasteiger partial charge >= 0.3 is 0 Å². The summed E-state index contributed by atoms with van der Waals surface area (Å²) in [5.41, 5.74) is 2.57. The van der Waals surface area contributed by atoms with Gasteiger partial charge < -0.3 is 10.2 Å². The van der Waals surface area contributed by atoms with Crippen LogP contribution in [0.15, 0.2) is 66.7 Å². The summed E-state index contributed by atoms with van der Waals surface area (Å²) in [6.45, 7) is 3.74. The number of anilines is 2. The number of nitrogens with zero attached hydrogens (tertiary/aromatic N) is 3. The highest BCUT2D eigenvalue weighted by Crippen LogP contribution is 2.25. The molecule has 0 spiro atoms. The Morgan fingerprint density at radius 3 is 2.34 bits per heavy atom. The summed E-state index contributed by atoms with van der Waals surface area (Å²) in [7, 11) is 0. The van der Waals surface area contributed by atoms with Crippen LogP contribution in [0, 0.1) is 12.8 Å². The zero-order valence-corrected chi connectivity index (χ0v) is 16.7. The molecule has 0 atom stereocenters. The Morgan fingerprint density at radius 2 is 1.66 bits per heavy atom. The first-order valence-corrected chi connectivity index (χ1v) is 10.2. The van der Waals surface area contributed by atoms with Gasteiger partial charge in [-0.2, -0.15) is 0 Å². The molecule has 5 nitrogen and oxygen atoms in total. The lowest BCUT2D eigenvalue weighted by molar-refractivity contribution is 0.102. The first-order valence-electron chi connectivity index (χ1n) is 10.2. The van der Waals surface area contributed by atoms with Gasteiger partial charge in [-0.15, -0.1) is 0 Å². The predicted octanol–water partition coefficient (Wildman–Crippen LogP) is 4.50. The van der Waals surface area contributed by atoms with E-state index in [2.05, 4.69) is 50.5 Å². The molecule has 29 heavy (non-hydrogen) atoms. The Hall–Kier alpha value is -3.21. The van der Waals surface area contributed by atoms with Crippen LogP contribution >= 0.6 is 0 Å². The van der Waals surface area contributed by atoms with Crippen LogP contribution in [0.2, 0.25) is 0 Å². The van der Waals surface area contributed by atoms with Crippen LogP contribution < -0.4 is 10.2 Å². The Bertz CT molecular complexity index is 951. The quantitative estimate of drug-likeness (QED) is 0.702. The highest BCUT2D eigenvalue weighted by molar-refractivity contribution is 6.03. The summed E-state index contributed by atoms with van der Waals surface area (Å²) < 4.78 is 0. The molecule has 0 radical (unpaired) electrons. The number of hydrogen-bond acceptors (Lipinski definition) is 4. The number of carbonyl (C=O) groups is 1. The number of hydrogen-bond donors (Lipinski definition) is 1. The normalized spacial score (nSPS) is 14.6. The van der Waals surface area contributed by atoms with E-state index in [0.717, 1.165) is 43.9 Å². The highest BCUT2D eigenvalue weighted by atomic mass is 16.1. The van der Waals surface area contributed by atoms with Gasteiger partial charge in [0.25, 0.3) is 5.91 Å². The third kappa shape index (κ3) is 4.99. The minimum Gasteiger partial charge on any atom is -0.356 e. The zero-order valence-electron chi connectivity index (χ0n) is 16.7. The average molecular weight is 386 g/mol. The Balaban J connectivity index is 1.41. The highest BCUT2D eigenvalue weighted by Gasteiger charge is 2.22. The number of amides is 1. The van der Waals surface area contributed by atoms with Gasteiger partial charge in [0.05, 0.1) is 0 Å². The lowest BCUT2D eigenvalue weighted by Gasteiger charge is -2.33. The molecular formula is C24H26N4O. The van der Waals surface area contributed by atoms with E-state index >= 15 is 0 Å². The molecule has 1 amide bonds. The van der Waals surface area contributed by atoms with E-state index in [-0.39, 0.29) is 5.91 Å². The number of rotatable bonds is 5. The number of benzene rings is 2. The standard InChI is InChI=1S/C24H26N4O/c1-18-25-22(24(29)27-21-10-6-3-7-11-21)17-23(26-18)28-14-12-20(13-15-28)16-19-8-4-2-5-9-19/h2-11,17,20H,12-16H2,1H3,(H,27,29). The smallest absolute Gasteiger partial charge is 0.274 e. The first kappa shape index (κ1) is 19.1. The fourth-order valence-corrected chi connectivity index (χ4v) is 3.86. The second-order valence-corrected chi connectivity index (χ2v) is 7.60. The van der Waals surface area contributed by atoms with Crippen molar-refractivity contribution in [2.75, 3.05) is 23.3 Å². The number of para-hydroxylation sites is 1. The molecular weight excluding hydrogens is 360 g/mol. The minimum atomic E-state index is -0.207. The van der Waals surface area contributed by atoms with Crippen LogP contribution in [-0.4, -0.2) is 29.0 Å². The molecule has 0 bridgehead atoms. The molecule has 1 fully saturated rings. The second kappa shape index (κ2) is 8.86. The third-order valence-electron chi connectivity index (χ3n) is 5.39. The minimum absolute atomic E-state index is 0.207. The van der Waals surface area contributed by atoms with E-state index in [1.54, 1.807) is 0 Å². The summed E-state index contributed by atoms with van der Waals surface area (Å²) in [6, 6.07) is 21.9. The van der Waals surface area contributed by atoms with E-state index in [1.165, 1.54) is 5.56 Å². The van der Waals surface area contributed by atoms with E-state index in [4.69, 9.17) is 0 Å². The van der Waals surface area contributed by atoms with Gasteiger partial charge in [0, 0.05) is 24.8 Å². The Labute approximate surface area is 171 Å². The van der Waals surface area contributed by atoms with Gasteiger partial charge in [-0.3, -0.25) is 4.79 Å². The molecule has 0 aliphatic carbocycles. The van der Waals surface area contributed by atoms with E-state index < -0.39 is 0 Å². The molecule has 1 saturated heterocycles. The molecule has 0 unspecified atom stereocenters. The van der Waals surface area contributed by atoms with Crippen molar-refractivity contribution < 1.29 is 4.79 Å². The van der Waals surface area contributed by atoms with Crippen molar-refractivity contribution in [3.05, 3.63) is 83.8 Å². The summed E-state index contributed by atoms with van der Waals surface area (Å²) in [4.78, 5) is 23.8. The number of aromatic nitrogens is 2. The number of nitrogens with one attached hydrogen (secondary N) is 1. The van der Waals surface area contributed by atoms with Crippen LogP contribution in [0.3, 0.4) is 0 Å². The van der Waals surface area contributed by atoms with E-state index in [0.29, 0.717) is 17.4 Å². The molecule has 1 aromatic heterocycles. The lowest BCUT2D eigenvalue weighted by atomic mass is 9.90. The van der Waals surface area contributed by atoms with Crippen LogP contribution in [0.5, 0.6) is 0 Å². The second-order valence-electron chi connectivity index (χ2n) is 7.60. The number of aryl methyl sites for hydroxylation is 1. The largest absolute Gasteiger partial charge is 0.356 e. The van der Waals surface area contributed by atoms with Gasteiger partial charge in [-0.05, 0) is 49.8 Å². The Kier molecular flexibility index (Phi) is 5.84. The molecule has 2 heterocycles. The molecule has 1 aliphatic heterocycles. The first-order chi connectivity index (χ1) is 14.2. The third-order valence-corrected chi connectivity index (χ3v) is 5.39. The maximum Gasteiger partial charge on any atom is 0.274 e. The van der Waals surface area contributed by atoms with E-state index in [1.807, 2.05) is 43.3 Å². The molecule has 3 aromatic rings. The predicted molar refractivity (Wildman–Crippen MR) is 116 cm³/mol. The summed E-state index contributed by atoms with van der Waals surface area (Å²) >= 11 is 0. The van der Waals surface area contributed by atoms with Crippen molar-refractivity contribution >= 4 is 17.4 Å². The van der Waals surface area contributed by atoms with Crippen molar-refractivity contribution in [2.24, 2.45) is 5.92 Å². The van der Waals surface area contributed by atoms with Gasteiger partial charge in [-0.1, -0.05) is 48.5 Å². The molecule has 0 saturated carbocycles. The molecule has 5 heteroatoms. The van der Waals surface area contributed by atoms with Crippen molar-refractivity contribution in [2.45, 2.75) is 26.2 Å². The van der Waals surface area contributed by atoms with Crippen molar-refractivity contribution in [1.29, 1.82) is 0 Å². The van der Waals surface area contributed by atoms with Crippen LogP contribution in [0.4, 0.5) is 11.5 Å². The number of carbonyl (C=O) groups excluding carboxylic acids is 1. The molecule has 4 rings (SSSR count). The zero-order chi connectivity index (χ0) is 20.1. The summed E-state index contributed by atoms with van der Waals surface area (Å²) in [5.74, 6) is 1.94. The van der Waals surface area contributed by atoms with Gasteiger partial charge in [0.1, 0.15) is 17.3 Å². The molecule has 1 N–H and O–H groups in total. The maximum absolute atomic E-state index is 12.6. The van der Waals surface area contributed by atoms with Gasteiger partial charge in [0.15, 0.2) is 0 Å². The Morgan fingerprint density at radius 1 is 1.00 bits per heavy atom. The molecule has 148 valence electrons. The van der Waals surface area contributed by atoms with Crippen LogP contribution in [-0.2, 0) is 6.42 Å². The maximum atomic E-state index is 12.6. The average Bonchev–Trinajstić information content (AvgIpc) is 2.75. The molecule has 1 aliphatic rings. The fourth-order valence-electron chi connectivity index (χ4n) is 3.86. The van der Waals surface area contributed by atoms with Crippen LogP contribution in [0.1, 0.15) is 34.7 Å². The summed E-state index contributed by atoms with van der Waals surface area (Å²) in [5, 5.41) is 2.90. The SMILES string of the molecule is Cc1nc(C(=O)Nc2ccccc2)cc(N2CCC(Cc3ccccc3)CC2)n1. The van der Waals surface area contributed by atoms with Crippen molar-refractivity contribution in [3.8, 4) is 0 Å². The number of piperidine rings is 1. The fraction of sp³-hybridized carbons (Fsp3) is 0.292. The van der Waals surface area contributed by atoms with Gasteiger partial charge in [-0.25, -0.2) is 9.97 Å². The summed E-state index contributed by atoms with van der Waals surface area (Å²) in [6.07, 6.45) is 3.38. The van der Waals surface area contributed by atoms with Crippen molar-refractivity contribution in [1.82, 2.24) is 9.97 Å². The topological polar surface area (TPSA) is 58.1 Å². The van der Waals surface area contributed by atoms with E-state index in [9.17, 15) is 4.79 Å². The van der Waals surface area contributed by atoms with Gasteiger partial charge in [0.2, 0.25) is 0 Å². The van der Waals surface area contributed by atoms with Crippen molar-refractivity contribution in [3.63, 3.8) is 0 Å². The monoisotopic (exact) mass is 386 g/mol.